The van der Waals surface area contributed by atoms with Gasteiger partial charge >= 0.3 is 0 Å². The third-order valence-corrected chi connectivity index (χ3v) is 5.36. The molecule has 3 heterocycles. The van der Waals surface area contributed by atoms with E-state index in [0.717, 1.165) is 52.0 Å². The van der Waals surface area contributed by atoms with Gasteiger partial charge < -0.3 is 10.1 Å². The zero-order valence-corrected chi connectivity index (χ0v) is 15.1. The molecule has 2 aliphatic rings. The van der Waals surface area contributed by atoms with Gasteiger partial charge in [0.15, 0.2) is 0 Å². The first-order valence-corrected chi connectivity index (χ1v) is 9.58. The van der Waals surface area contributed by atoms with E-state index in [0.29, 0.717) is 24.9 Å². The number of tetrazole rings is 1. The van der Waals surface area contributed by atoms with Gasteiger partial charge in [-0.2, -0.15) is 0 Å². The fourth-order valence-electron chi connectivity index (χ4n) is 4.04. The summed E-state index contributed by atoms with van der Waals surface area (Å²) in [6.07, 6.45) is 7.43. The summed E-state index contributed by atoms with van der Waals surface area (Å²) in [5.74, 6) is 0.712. The normalized spacial score (nSPS) is 25.3. The van der Waals surface area contributed by atoms with E-state index in [1.54, 1.807) is 11.0 Å². The summed E-state index contributed by atoms with van der Waals surface area (Å²) in [7, 11) is 0. The molecule has 1 amide bonds. The molecule has 3 rings (SSSR count). The Morgan fingerprint density at radius 2 is 2.16 bits per heavy atom. The fraction of sp³-hybridized carbons (Fsp3) is 0.882. The maximum atomic E-state index is 12.3. The Morgan fingerprint density at radius 3 is 2.88 bits per heavy atom. The van der Waals surface area contributed by atoms with Gasteiger partial charge in [0, 0.05) is 51.4 Å². The van der Waals surface area contributed by atoms with E-state index in [9.17, 15) is 4.79 Å². The molecule has 8 heteroatoms. The summed E-state index contributed by atoms with van der Waals surface area (Å²) in [5.41, 5.74) is 0. The van der Waals surface area contributed by atoms with Crippen LogP contribution in [0.25, 0.3) is 0 Å². The molecule has 0 aliphatic carbocycles. The van der Waals surface area contributed by atoms with Crippen molar-refractivity contribution in [3.63, 3.8) is 0 Å². The third-order valence-electron chi connectivity index (χ3n) is 5.36. The molecule has 1 aromatic rings. The minimum atomic E-state index is 0.146. The SMILES string of the molecule is CCC[C@H]1CN(C2CCOCC2)C[C@@H]1NC(=O)CCCn1cnnn1. The molecule has 1 aromatic heterocycles. The lowest BCUT2D eigenvalue weighted by atomic mass is 9.98. The van der Waals surface area contributed by atoms with Crippen molar-refractivity contribution in [2.45, 2.75) is 64.1 Å². The van der Waals surface area contributed by atoms with Crippen LogP contribution in [0.3, 0.4) is 0 Å². The minimum absolute atomic E-state index is 0.146. The van der Waals surface area contributed by atoms with Gasteiger partial charge in [-0.15, -0.1) is 5.10 Å². The molecule has 0 saturated carbocycles. The summed E-state index contributed by atoms with van der Waals surface area (Å²) >= 11 is 0. The van der Waals surface area contributed by atoms with Crippen molar-refractivity contribution in [3.8, 4) is 0 Å². The summed E-state index contributed by atoms with van der Waals surface area (Å²) < 4.78 is 7.15. The highest BCUT2D eigenvalue weighted by atomic mass is 16.5. The molecule has 140 valence electrons. The maximum absolute atomic E-state index is 12.3. The topological polar surface area (TPSA) is 85.2 Å². The summed E-state index contributed by atoms with van der Waals surface area (Å²) in [6.45, 7) is 6.73. The number of hydrogen-bond acceptors (Lipinski definition) is 6. The van der Waals surface area contributed by atoms with Crippen LogP contribution >= 0.6 is 0 Å². The highest BCUT2D eigenvalue weighted by molar-refractivity contribution is 5.76. The van der Waals surface area contributed by atoms with Crippen LogP contribution in [0.15, 0.2) is 6.33 Å². The fourth-order valence-corrected chi connectivity index (χ4v) is 4.04. The quantitative estimate of drug-likeness (QED) is 0.748. The van der Waals surface area contributed by atoms with Crippen molar-refractivity contribution in [1.29, 1.82) is 0 Å². The number of aryl methyl sites for hydroxylation is 1. The van der Waals surface area contributed by atoms with Gasteiger partial charge in [0.25, 0.3) is 0 Å². The molecule has 2 saturated heterocycles. The Bertz CT molecular complexity index is 517. The molecule has 8 nitrogen and oxygen atoms in total. The number of carbonyl (C=O) groups excluding carboxylic acids is 1. The average molecular weight is 350 g/mol. The number of nitrogens with one attached hydrogen (secondary N) is 1. The molecule has 0 bridgehead atoms. The van der Waals surface area contributed by atoms with Gasteiger partial charge in [0.1, 0.15) is 6.33 Å². The van der Waals surface area contributed by atoms with E-state index >= 15 is 0 Å². The van der Waals surface area contributed by atoms with Gasteiger partial charge in [-0.1, -0.05) is 13.3 Å². The molecule has 25 heavy (non-hydrogen) atoms. The predicted molar refractivity (Wildman–Crippen MR) is 92.8 cm³/mol. The Hall–Kier alpha value is -1.54. The van der Waals surface area contributed by atoms with Crippen LogP contribution in [0.5, 0.6) is 0 Å². The van der Waals surface area contributed by atoms with Gasteiger partial charge in [0.05, 0.1) is 0 Å². The first-order valence-electron chi connectivity index (χ1n) is 9.58. The van der Waals surface area contributed by atoms with Crippen molar-refractivity contribution < 1.29 is 9.53 Å². The number of hydrogen-bond donors (Lipinski definition) is 1. The Balaban J connectivity index is 1.45. The van der Waals surface area contributed by atoms with Crippen LogP contribution in [-0.4, -0.2) is 69.4 Å². The smallest absolute Gasteiger partial charge is 0.220 e. The van der Waals surface area contributed by atoms with Crippen molar-refractivity contribution in [2.24, 2.45) is 5.92 Å². The van der Waals surface area contributed by atoms with E-state index in [-0.39, 0.29) is 11.9 Å². The van der Waals surface area contributed by atoms with Crippen LogP contribution in [0.2, 0.25) is 0 Å². The molecule has 2 atom stereocenters. The monoisotopic (exact) mass is 350 g/mol. The maximum Gasteiger partial charge on any atom is 0.220 e. The number of amides is 1. The van der Waals surface area contributed by atoms with E-state index in [1.165, 1.54) is 6.42 Å². The summed E-state index contributed by atoms with van der Waals surface area (Å²) in [6, 6.07) is 0.901. The van der Waals surface area contributed by atoms with Crippen LogP contribution in [0, 0.1) is 5.92 Å². The van der Waals surface area contributed by atoms with Crippen molar-refractivity contribution in [1.82, 2.24) is 30.4 Å². The molecule has 2 fully saturated rings. The van der Waals surface area contributed by atoms with E-state index in [2.05, 4.69) is 32.7 Å². The molecule has 0 radical (unpaired) electrons. The Labute approximate surface area is 149 Å². The highest BCUT2D eigenvalue weighted by Gasteiger charge is 2.36. The number of carbonyl (C=O) groups is 1. The van der Waals surface area contributed by atoms with Gasteiger partial charge in [-0.25, -0.2) is 4.68 Å². The lowest BCUT2D eigenvalue weighted by Crippen LogP contribution is -2.42. The van der Waals surface area contributed by atoms with Gasteiger partial charge in [-0.3, -0.25) is 9.69 Å². The number of rotatable bonds is 8. The van der Waals surface area contributed by atoms with Gasteiger partial charge in [0.2, 0.25) is 5.91 Å². The predicted octanol–water partition coefficient (Wildman–Crippen LogP) is 0.849. The van der Waals surface area contributed by atoms with Crippen LogP contribution in [0.1, 0.15) is 45.4 Å². The third kappa shape index (κ3) is 5.22. The Morgan fingerprint density at radius 1 is 1.32 bits per heavy atom. The van der Waals surface area contributed by atoms with Crippen LogP contribution < -0.4 is 5.32 Å². The number of nitrogens with zero attached hydrogens (tertiary/aromatic N) is 5. The molecule has 2 aliphatic heterocycles. The summed E-state index contributed by atoms with van der Waals surface area (Å²) in [4.78, 5) is 14.9. The number of likely N-dealkylation sites (tertiary alicyclic amines) is 1. The number of ether oxygens (including phenoxy) is 1. The van der Waals surface area contributed by atoms with Crippen LogP contribution in [0.4, 0.5) is 0 Å². The Kier molecular flexibility index (Phi) is 6.75. The second-order valence-electron chi connectivity index (χ2n) is 7.20. The molecular formula is C17H30N6O2. The zero-order valence-electron chi connectivity index (χ0n) is 15.1. The molecule has 1 N–H and O–H groups in total. The standard InChI is InChI=1S/C17H30N6O2/c1-2-4-14-11-22(15-6-9-25-10-7-15)12-16(14)19-17(24)5-3-8-23-13-18-20-21-23/h13-16H,2-12H2,1H3,(H,19,24)/t14-,16-/m0/s1. The second-order valence-corrected chi connectivity index (χ2v) is 7.20. The van der Waals surface area contributed by atoms with Crippen molar-refractivity contribution in [2.75, 3.05) is 26.3 Å². The van der Waals surface area contributed by atoms with Crippen LogP contribution in [-0.2, 0) is 16.1 Å². The minimum Gasteiger partial charge on any atom is -0.381 e. The highest BCUT2D eigenvalue weighted by Crippen LogP contribution is 2.27. The second kappa shape index (κ2) is 9.24. The average Bonchev–Trinajstić information content (AvgIpc) is 3.27. The van der Waals surface area contributed by atoms with Crippen molar-refractivity contribution >= 4 is 5.91 Å². The lowest BCUT2D eigenvalue weighted by molar-refractivity contribution is -0.122. The molecule has 0 spiro atoms. The molecule has 0 unspecified atom stereocenters. The molecular weight excluding hydrogens is 320 g/mol. The number of aromatic nitrogens is 4. The lowest BCUT2D eigenvalue weighted by Gasteiger charge is -2.31. The molecule has 0 aromatic carbocycles. The van der Waals surface area contributed by atoms with E-state index in [1.807, 2.05) is 0 Å². The van der Waals surface area contributed by atoms with E-state index < -0.39 is 0 Å². The first-order chi connectivity index (χ1) is 12.3. The van der Waals surface area contributed by atoms with E-state index in [4.69, 9.17) is 4.74 Å². The van der Waals surface area contributed by atoms with Crippen molar-refractivity contribution in [3.05, 3.63) is 6.33 Å². The summed E-state index contributed by atoms with van der Waals surface area (Å²) in [5, 5.41) is 14.3. The first kappa shape index (κ1) is 18.3. The largest absolute Gasteiger partial charge is 0.381 e. The van der Waals surface area contributed by atoms with Gasteiger partial charge in [-0.05, 0) is 42.0 Å². The zero-order chi connectivity index (χ0) is 17.5.